The monoisotopic (exact) mass is 234 g/mol. The standard InChI is InChI=1S/C7H11BrN2O2/c8-3-6(11)10-2-1-5(4-10)7(9)12/h5H,1-4H2,(H2,9,12). The Morgan fingerprint density at radius 3 is 2.67 bits per heavy atom. The van der Waals surface area contributed by atoms with Crippen molar-refractivity contribution in [2.24, 2.45) is 11.7 Å². The lowest BCUT2D eigenvalue weighted by molar-refractivity contribution is -0.127. The molecule has 0 aliphatic carbocycles. The second kappa shape index (κ2) is 3.89. The predicted molar refractivity (Wildman–Crippen MR) is 47.7 cm³/mol. The van der Waals surface area contributed by atoms with Gasteiger partial charge in [-0.25, -0.2) is 0 Å². The maximum Gasteiger partial charge on any atom is 0.233 e. The molecule has 0 aromatic heterocycles. The van der Waals surface area contributed by atoms with Gasteiger partial charge in [0.05, 0.1) is 11.2 Å². The van der Waals surface area contributed by atoms with Crippen molar-refractivity contribution >= 4 is 27.7 Å². The van der Waals surface area contributed by atoms with Gasteiger partial charge in [-0.1, -0.05) is 15.9 Å². The molecule has 0 saturated carbocycles. The molecule has 5 heteroatoms. The molecule has 2 amide bonds. The molecule has 1 atom stereocenters. The summed E-state index contributed by atoms with van der Waals surface area (Å²) in [6.45, 7) is 1.14. The fourth-order valence-corrected chi connectivity index (χ4v) is 1.66. The molecule has 1 saturated heterocycles. The fourth-order valence-electron chi connectivity index (χ4n) is 1.30. The number of nitrogens with two attached hydrogens (primary N) is 1. The van der Waals surface area contributed by atoms with Gasteiger partial charge in [0, 0.05) is 13.1 Å². The first-order valence-corrected chi connectivity index (χ1v) is 4.90. The van der Waals surface area contributed by atoms with Crippen LogP contribution in [0.15, 0.2) is 0 Å². The number of hydrogen-bond donors (Lipinski definition) is 1. The van der Waals surface area contributed by atoms with Crippen LogP contribution in [0.1, 0.15) is 6.42 Å². The van der Waals surface area contributed by atoms with E-state index >= 15 is 0 Å². The Bertz CT molecular complexity index is 208. The summed E-state index contributed by atoms with van der Waals surface area (Å²) in [5, 5.41) is 0.318. The number of carbonyl (C=O) groups excluding carboxylic acids is 2. The number of halogens is 1. The number of primary amides is 1. The lowest BCUT2D eigenvalue weighted by atomic mass is 10.1. The lowest BCUT2D eigenvalue weighted by Gasteiger charge is -2.13. The summed E-state index contributed by atoms with van der Waals surface area (Å²) in [6.07, 6.45) is 0.702. The Morgan fingerprint density at radius 2 is 2.25 bits per heavy atom. The van der Waals surface area contributed by atoms with E-state index in [4.69, 9.17) is 5.73 Å². The van der Waals surface area contributed by atoms with Crippen LogP contribution in [0.25, 0.3) is 0 Å². The number of hydrogen-bond acceptors (Lipinski definition) is 2. The van der Waals surface area contributed by atoms with E-state index in [1.165, 1.54) is 0 Å². The smallest absolute Gasteiger partial charge is 0.233 e. The summed E-state index contributed by atoms with van der Waals surface area (Å²) in [5.74, 6) is -0.424. The number of likely N-dealkylation sites (tertiary alicyclic amines) is 1. The number of alkyl halides is 1. The van der Waals surface area contributed by atoms with E-state index in [0.29, 0.717) is 24.8 Å². The highest BCUT2D eigenvalue weighted by Crippen LogP contribution is 2.15. The molecule has 1 aliphatic heterocycles. The number of carbonyl (C=O) groups is 2. The minimum absolute atomic E-state index is 0.0266. The first-order valence-electron chi connectivity index (χ1n) is 3.78. The van der Waals surface area contributed by atoms with Crippen LogP contribution in [-0.4, -0.2) is 35.1 Å². The van der Waals surface area contributed by atoms with Gasteiger partial charge in [0.15, 0.2) is 0 Å². The highest BCUT2D eigenvalue weighted by atomic mass is 79.9. The van der Waals surface area contributed by atoms with Gasteiger partial charge >= 0.3 is 0 Å². The van der Waals surface area contributed by atoms with Crippen molar-refractivity contribution in [2.45, 2.75) is 6.42 Å². The molecule has 12 heavy (non-hydrogen) atoms. The molecule has 0 bridgehead atoms. The van der Waals surface area contributed by atoms with Crippen LogP contribution in [0.5, 0.6) is 0 Å². The second-order valence-corrected chi connectivity index (χ2v) is 3.42. The molecule has 0 radical (unpaired) electrons. The normalized spacial score (nSPS) is 22.8. The van der Waals surface area contributed by atoms with Crippen LogP contribution < -0.4 is 5.73 Å². The molecule has 1 heterocycles. The van der Waals surface area contributed by atoms with Gasteiger partial charge < -0.3 is 10.6 Å². The molecule has 0 aromatic carbocycles. The second-order valence-electron chi connectivity index (χ2n) is 2.86. The van der Waals surface area contributed by atoms with Gasteiger partial charge in [-0.2, -0.15) is 0 Å². The molecule has 1 fully saturated rings. The Hall–Kier alpha value is -0.580. The third kappa shape index (κ3) is 1.97. The van der Waals surface area contributed by atoms with E-state index < -0.39 is 0 Å². The van der Waals surface area contributed by atoms with Crippen molar-refractivity contribution in [1.29, 1.82) is 0 Å². The molecule has 2 N–H and O–H groups in total. The van der Waals surface area contributed by atoms with E-state index in [2.05, 4.69) is 15.9 Å². The molecular formula is C7H11BrN2O2. The molecule has 0 aromatic rings. The molecule has 1 rings (SSSR count). The average Bonchev–Trinajstić information content (AvgIpc) is 2.51. The molecule has 0 spiro atoms. The molecular weight excluding hydrogens is 224 g/mol. The minimum Gasteiger partial charge on any atom is -0.369 e. The SMILES string of the molecule is NC(=O)C1CCN(C(=O)CBr)C1. The molecule has 1 aliphatic rings. The Morgan fingerprint density at radius 1 is 1.58 bits per heavy atom. The van der Waals surface area contributed by atoms with Gasteiger partial charge in [-0.05, 0) is 6.42 Å². The quantitative estimate of drug-likeness (QED) is 0.669. The summed E-state index contributed by atoms with van der Waals surface area (Å²) in [7, 11) is 0. The van der Waals surface area contributed by atoms with Gasteiger partial charge in [-0.3, -0.25) is 9.59 Å². The van der Waals surface area contributed by atoms with Gasteiger partial charge in [0.25, 0.3) is 0 Å². The first-order chi connectivity index (χ1) is 5.65. The Kier molecular flexibility index (Phi) is 3.08. The third-order valence-electron chi connectivity index (χ3n) is 2.06. The fraction of sp³-hybridized carbons (Fsp3) is 0.714. The van der Waals surface area contributed by atoms with E-state index in [1.54, 1.807) is 4.90 Å². The van der Waals surface area contributed by atoms with E-state index in [9.17, 15) is 9.59 Å². The van der Waals surface area contributed by atoms with E-state index in [-0.39, 0.29) is 17.7 Å². The summed E-state index contributed by atoms with van der Waals surface area (Å²) in [5.41, 5.74) is 5.11. The number of rotatable bonds is 2. The summed E-state index contributed by atoms with van der Waals surface area (Å²) in [6, 6.07) is 0. The van der Waals surface area contributed by atoms with Crippen molar-refractivity contribution in [3.8, 4) is 0 Å². The number of nitrogens with zero attached hydrogens (tertiary/aromatic N) is 1. The van der Waals surface area contributed by atoms with Crippen LogP contribution in [0, 0.1) is 5.92 Å². The average molecular weight is 235 g/mol. The largest absolute Gasteiger partial charge is 0.369 e. The van der Waals surface area contributed by atoms with Gasteiger partial charge in [0.2, 0.25) is 11.8 Å². The first kappa shape index (κ1) is 9.51. The molecule has 4 nitrogen and oxygen atoms in total. The van der Waals surface area contributed by atoms with Crippen LogP contribution in [-0.2, 0) is 9.59 Å². The highest BCUT2D eigenvalue weighted by molar-refractivity contribution is 9.09. The highest BCUT2D eigenvalue weighted by Gasteiger charge is 2.28. The predicted octanol–water partition coefficient (Wildman–Crippen LogP) is -0.285. The summed E-state index contributed by atoms with van der Waals surface area (Å²) in [4.78, 5) is 23.5. The van der Waals surface area contributed by atoms with Crippen LogP contribution in [0.4, 0.5) is 0 Å². The van der Waals surface area contributed by atoms with E-state index in [0.717, 1.165) is 0 Å². The summed E-state index contributed by atoms with van der Waals surface area (Å²) < 4.78 is 0. The van der Waals surface area contributed by atoms with Crippen LogP contribution in [0.2, 0.25) is 0 Å². The third-order valence-corrected chi connectivity index (χ3v) is 2.54. The zero-order valence-electron chi connectivity index (χ0n) is 6.62. The van der Waals surface area contributed by atoms with Crippen molar-refractivity contribution in [3.05, 3.63) is 0 Å². The number of amides is 2. The van der Waals surface area contributed by atoms with E-state index in [1.807, 2.05) is 0 Å². The zero-order valence-corrected chi connectivity index (χ0v) is 8.21. The van der Waals surface area contributed by atoms with Crippen LogP contribution >= 0.6 is 15.9 Å². The maximum atomic E-state index is 11.1. The Labute approximate surface area is 79.2 Å². The van der Waals surface area contributed by atoms with Crippen molar-refractivity contribution in [1.82, 2.24) is 4.90 Å². The molecule has 1 unspecified atom stereocenters. The van der Waals surface area contributed by atoms with Crippen molar-refractivity contribution in [2.75, 3.05) is 18.4 Å². The van der Waals surface area contributed by atoms with Crippen molar-refractivity contribution < 1.29 is 9.59 Å². The molecule has 68 valence electrons. The summed E-state index contributed by atoms with van der Waals surface area (Å²) >= 11 is 3.07. The Balaban J connectivity index is 2.45. The van der Waals surface area contributed by atoms with Crippen LogP contribution in [0.3, 0.4) is 0 Å². The van der Waals surface area contributed by atoms with Gasteiger partial charge in [-0.15, -0.1) is 0 Å². The van der Waals surface area contributed by atoms with Crippen molar-refractivity contribution in [3.63, 3.8) is 0 Å². The van der Waals surface area contributed by atoms with Gasteiger partial charge in [0.1, 0.15) is 0 Å². The maximum absolute atomic E-state index is 11.1. The lowest BCUT2D eigenvalue weighted by Crippen LogP contribution is -2.32. The minimum atomic E-state index is -0.306. The zero-order chi connectivity index (χ0) is 9.14. The topological polar surface area (TPSA) is 63.4 Å².